The Morgan fingerprint density at radius 2 is 1.94 bits per heavy atom. The Balaban J connectivity index is 1.93. The van der Waals surface area contributed by atoms with Gasteiger partial charge in [0.15, 0.2) is 0 Å². The number of hydrogen-bond donors (Lipinski definition) is 0. The topological polar surface area (TPSA) is 9.23 Å². The fraction of sp³-hybridized carbons (Fsp3) is 0.125. The van der Waals surface area contributed by atoms with Gasteiger partial charge in [-0.25, -0.2) is 0 Å². The van der Waals surface area contributed by atoms with Crippen LogP contribution in [-0.4, -0.2) is 7.11 Å². The minimum absolute atomic E-state index is 0.910. The molecule has 1 aliphatic rings. The van der Waals surface area contributed by atoms with Gasteiger partial charge in [-0.15, -0.1) is 0 Å². The second kappa shape index (κ2) is 4.91. The zero-order valence-electron chi connectivity index (χ0n) is 10.2. The normalized spacial score (nSPS) is 13.7. The standard InChI is InChI=1S/C16H14OS/c1-17-14-7-4-6-13(11-14)16-10-9-12-5-2-3-8-15(12)18-16/h2-8,10-11H,9H2,1H3. The molecule has 0 unspecified atom stereocenters. The molecule has 1 aliphatic heterocycles. The van der Waals surface area contributed by atoms with Crippen molar-refractivity contribution < 1.29 is 4.74 Å². The Morgan fingerprint density at radius 1 is 1.06 bits per heavy atom. The molecule has 2 heteroatoms. The lowest BCUT2D eigenvalue weighted by atomic mass is 10.1. The molecule has 2 aromatic rings. The summed E-state index contributed by atoms with van der Waals surface area (Å²) < 4.78 is 5.28. The van der Waals surface area contributed by atoms with Crippen molar-refractivity contribution in [2.75, 3.05) is 7.11 Å². The first-order valence-corrected chi connectivity index (χ1v) is 6.79. The van der Waals surface area contributed by atoms with Crippen LogP contribution in [0.4, 0.5) is 0 Å². The van der Waals surface area contributed by atoms with Crippen molar-refractivity contribution in [2.45, 2.75) is 11.3 Å². The van der Waals surface area contributed by atoms with Crippen LogP contribution in [0.1, 0.15) is 11.1 Å². The molecule has 0 aliphatic carbocycles. The van der Waals surface area contributed by atoms with Crippen LogP contribution >= 0.6 is 11.8 Å². The molecule has 90 valence electrons. The summed E-state index contributed by atoms with van der Waals surface area (Å²) in [5.74, 6) is 0.910. The van der Waals surface area contributed by atoms with Crippen LogP contribution in [0.15, 0.2) is 59.5 Å². The van der Waals surface area contributed by atoms with Gasteiger partial charge in [0, 0.05) is 9.80 Å². The van der Waals surface area contributed by atoms with Crippen LogP contribution in [0.25, 0.3) is 4.91 Å². The molecule has 0 N–H and O–H groups in total. The Labute approximate surface area is 111 Å². The van der Waals surface area contributed by atoms with Crippen LogP contribution in [0.2, 0.25) is 0 Å². The van der Waals surface area contributed by atoms with E-state index in [4.69, 9.17) is 4.74 Å². The fourth-order valence-corrected chi connectivity index (χ4v) is 3.17. The minimum Gasteiger partial charge on any atom is -0.497 e. The summed E-state index contributed by atoms with van der Waals surface area (Å²) in [5.41, 5.74) is 2.64. The first kappa shape index (κ1) is 11.4. The number of benzene rings is 2. The van der Waals surface area contributed by atoms with E-state index >= 15 is 0 Å². The summed E-state index contributed by atoms with van der Waals surface area (Å²) in [6, 6.07) is 16.8. The third-order valence-corrected chi connectivity index (χ3v) is 4.29. The van der Waals surface area contributed by atoms with E-state index in [1.165, 1.54) is 20.9 Å². The van der Waals surface area contributed by atoms with Crippen molar-refractivity contribution in [1.82, 2.24) is 0 Å². The van der Waals surface area contributed by atoms with Gasteiger partial charge < -0.3 is 4.74 Å². The van der Waals surface area contributed by atoms with Gasteiger partial charge in [-0.1, -0.05) is 48.2 Å². The highest BCUT2D eigenvalue weighted by molar-refractivity contribution is 8.08. The van der Waals surface area contributed by atoms with Crippen molar-refractivity contribution in [3.63, 3.8) is 0 Å². The number of thioether (sulfide) groups is 1. The van der Waals surface area contributed by atoms with Gasteiger partial charge in [-0.2, -0.15) is 0 Å². The van der Waals surface area contributed by atoms with Gasteiger partial charge in [-0.3, -0.25) is 0 Å². The molecule has 18 heavy (non-hydrogen) atoms. The number of ether oxygens (including phenoxy) is 1. The van der Waals surface area contributed by atoms with Crippen molar-refractivity contribution >= 4 is 16.7 Å². The highest BCUT2D eigenvalue weighted by atomic mass is 32.2. The maximum absolute atomic E-state index is 5.28. The first-order chi connectivity index (χ1) is 8.86. The van der Waals surface area contributed by atoms with E-state index in [1.807, 2.05) is 23.9 Å². The summed E-state index contributed by atoms with van der Waals surface area (Å²) in [4.78, 5) is 2.67. The number of methoxy groups -OCH3 is 1. The summed E-state index contributed by atoms with van der Waals surface area (Å²) >= 11 is 1.83. The second-order valence-corrected chi connectivity index (χ2v) is 5.30. The molecule has 0 fully saturated rings. The first-order valence-electron chi connectivity index (χ1n) is 5.97. The second-order valence-electron chi connectivity index (χ2n) is 4.21. The highest BCUT2D eigenvalue weighted by Gasteiger charge is 2.12. The van der Waals surface area contributed by atoms with Gasteiger partial charge in [0.2, 0.25) is 0 Å². The number of hydrogen-bond acceptors (Lipinski definition) is 2. The molecule has 0 aromatic heterocycles. The van der Waals surface area contributed by atoms with Crippen LogP contribution < -0.4 is 4.74 Å². The molecule has 0 bridgehead atoms. The Bertz CT molecular complexity index is 602. The Hall–Kier alpha value is -1.67. The fourth-order valence-electron chi connectivity index (χ4n) is 2.09. The molecule has 0 amide bonds. The van der Waals surface area contributed by atoms with E-state index in [2.05, 4.69) is 42.5 Å². The van der Waals surface area contributed by atoms with Gasteiger partial charge in [-0.05, 0) is 35.7 Å². The van der Waals surface area contributed by atoms with E-state index in [0.29, 0.717) is 0 Å². The number of rotatable bonds is 2. The quantitative estimate of drug-likeness (QED) is 0.786. The van der Waals surface area contributed by atoms with E-state index in [-0.39, 0.29) is 0 Å². The van der Waals surface area contributed by atoms with Gasteiger partial charge in [0.05, 0.1) is 7.11 Å². The third kappa shape index (κ3) is 2.16. The Kier molecular flexibility index (Phi) is 3.11. The predicted molar refractivity (Wildman–Crippen MR) is 77.0 cm³/mol. The number of allylic oxidation sites excluding steroid dienone is 1. The van der Waals surface area contributed by atoms with Crippen molar-refractivity contribution in [1.29, 1.82) is 0 Å². The molecule has 2 aromatic carbocycles. The predicted octanol–water partition coefficient (Wildman–Crippen LogP) is 4.38. The molecule has 0 spiro atoms. The maximum atomic E-state index is 5.28. The summed E-state index contributed by atoms with van der Waals surface area (Å²) in [6.07, 6.45) is 3.30. The van der Waals surface area contributed by atoms with Crippen molar-refractivity contribution in [3.8, 4) is 5.75 Å². The highest BCUT2D eigenvalue weighted by Crippen LogP contribution is 2.40. The zero-order chi connectivity index (χ0) is 12.4. The van der Waals surface area contributed by atoms with Crippen LogP contribution in [0.3, 0.4) is 0 Å². The Morgan fingerprint density at radius 3 is 2.83 bits per heavy atom. The lowest BCUT2D eigenvalue weighted by molar-refractivity contribution is 0.414. The largest absolute Gasteiger partial charge is 0.497 e. The monoisotopic (exact) mass is 254 g/mol. The van der Waals surface area contributed by atoms with E-state index in [0.717, 1.165) is 12.2 Å². The average Bonchev–Trinajstić information content (AvgIpc) is 2.47. The minimum atomic E-state index is 0.910. The van der Waals surface area contributed by atoms with Crippen LogP contribution in [0, 0.1) is 0 Å². The number of fused-ring (bicyclic) bond motifs is 1. The molecule has 3 rings (SSSR count). The molecule has 0 atom stereocenters. The smallest absolute Gasteiger partial charge is 0.119 e. The summed E-state index contributed by atoms with van der Waals surface area (Å²) in [5, 5.41) is 0. The van der Waals surface area contributed by atoms with Crippen LogP contribution in [0.5, 0.6) is 5.75 Å². The lowest BCUT2D eigenvalue weighted by Crippen LogP contribution is -1.94. The SMILES string of the molecule is COc1cccc(C2=CCc3ccccc3S2)c1. The van der Waals surface area contributed by atoms with Crippen molar-refractivity contribution in [3.05, 3.63) is 65.7 Å². The molecule has 1 nitrogen and oxygen atoms in total. The molecular formula is C16H14OS. The summed E-state index contributed by atoms with van der Waals surface area (Å²) in [6.45, 7) is 0. The maximum Gasteiger partial charge on any atom is 0.119 e. The van der Waals surface area contributed by atoms with Gasteiger partial charge in [0.1, 0.15) is 5.75 Å². The molecule has 0 saturated heterocycles. The lowest BCUT2D eigenvalue weighted by Gasteiger charge is -2.16. The van der Waals surface area contributed by atoms with Crippen molar-refractivity contribution in [2.24, 2.45) is 0 Å². The average molecular weight is 254 g/mol. The van der Waals surface area contributed by atoms with Crippen LogP contribution in [-0.2, 0) is 6.42 Å². The molecule has 0 radical (unpaired) electrons. The molecule has 0 saturated carbocycles. The van der Waals surface area contributed by atoms with E-state index < -0.39 is 0 Å². The van der Waals surface area contributed by atoms with Gasteiger partial charge in [0.25, 0.3) is 0 Å². The van der Waals surface area contributed by atoms with Gasteiger partial charge >= 0.3 is 0 Å². The molecular weight excluding hydrogens is 240 g/mol. The summed E-state index contributed by atoms with van der Waals surface area (Å²) in [7, 11) is 1.71. The zero-order valence-corrected chi connectivity index (χ0v) is 11.0. The molecule has 1 heterocycles. The third-order valence-electron chi connectivity index (χ3n) is 3.05. The van der Waals surface area contributed by atoms with E-state index in [1.54, 1.807) is 7.11 Å². The van der Waals surface area contributed by atoms with E-state index in [9.17, 15) is 0 Å².